The first kappa shape index (κ1) is 23.8. The van der Waals surface area contributed by atoms with Crippen LogP contribution in [-0.4, -0.2) is 69.4 Å². The Labute approximate surface area is 184 Å². The van der Waals surface area contributed by atoms with Crippen molar-refractivity contribution in [1.29, 1.82) is 0 Å². The summed E-state index contributed by atoms with van der Waals surface area (Å²) >= 11 is 3.39. The highest BCUT2D eigenvalue weighted by Gasteiger charge is 2.24. The van der Waals surface area contributed by atoms with Crippen molar-refractivity contribution in [2.24, 2.45) is 0 Å². The lowest BCUT2D eigenvalue weighted by atomic mass is 10.1. The molecule has 9 nitrogen and oxygen atoms in total. The van der Waals surface area contributed by atoms with E-state index in [9.17, 15) is 14.4 Å². The normalized spacial score (nSPS) is 14.1. The standard InChI is InChI=1S/C20H27BrN2O7/c1-4-29-20(26)23-7-5-14(6-8-23)22-18(24)12-30-19(25)10-13-9-16(27-2)17(28-3)11-15(13)21/h9,11,14H,4-8,10,12H2,1-3H3,(H,22,24). The molecule has 0 aliphatic carbocycles. The van der Waals surface area contributed by atoms with E-state index < -0.39 is 5.97 Å². The summed E-state index contributed by atoms with van der Waals surface area (Å²) in [4.78, 5) is 37.6. The Morgan fingerprint density at radius 1 is 1.10 bits per heavy atom. The first-order valence-electron chi connectivity index (χ1n) is 9.65. The third kappa shape index (κ3) is 6.79. The third-order valence-corrected chi connectivity index (χ3v) is 5.38. The largest absolute Gasteiger partial charge is 0.493 e. The SMILES string of the molecule is CCOC(=O)N1CCC(NC(=O)COC(=O)Cc2cc(OC)c(OC)cc2Br)CC1. The summed E-state index contributed by atoms with van der Waals surface area (Å²) in [5.74, 6) is 0.129. The highest BCUT2D eigenvalue weighted by molar-refractivity contribution is 9.10. The molecule has 0 saturated carbocycles. The number of amides is 2. The van der Waals surface area contributed by atoms with E-state index in [1.807, 2.05) is 0 Å². The Hall–Kier alpha value is -2.49. The summed E-state index contributed by atoms with van der Waals surface area (Å²) in [6, 6.07) is 3.32. The lowest BCUT2D eigenvalue weighted by Crippen LogP contribution is -2.47. The van der Waals surface area contributed by atoms with E-state index in [1.54, 1.807) is 24.0 Å². The Bertz CT molecular complexity index is 764. The topological polar surface area (TPSA) is 103 Å². The van der Waals surface area contributed by atoms with Crippen molar-refractivity contribution in [2.45, 2.75) is 32.2 Å². The highest BCUT2D eigenvalue weighted by Crippen LogP contribution is 2.33. The van der Waals surface area contributed by atoms with E-state index in [0.29, 0.717) is 54.1 Å². The van der Waals surface area contributed by atoms with Crippen LogP contribution in [0.5, 0.6) is 11.5 Å². The minimum Gasteiger partial charge on any atom is -0.493 e. The van der Waals surface area contributed by atoms with Crippen LogP contribution in [0.1, 0.15) is 25.3 Å². The Morgan fingerprint density at radius 3 is 2.33 bits per heavy atom. The van der Waals surface area contributed by atoms with Crippen LogP contribution in [0.2, 0.25) is 0 Å². The quantitative estimate of drug-likeness (QED) is 0.562. The number of rotatable bonds is 8. The number of halogens is 1. The molecule has 1 N–H and O–H groups in total. The molecule has 1 aromatic carbocycles. The fourth-order valence-corrected chi connectivity index (χ4v) is 3.54. The molecular formula is C20H27BrN2O7. The van der Waals surface area contributed by atoms with Gasteiger partial charge in [-0.3, -0.25) is 9.59 Å². The van der Waals surface area contributed by atoms with Crippen molar-refractivity contribution < 1.29 is 33.3 Å². The molecule has 1 saturated heterocycles. The predicted molar refractivity (Wildman–Crippen MR) is 112 cm³/mol. The molecule has 1 aromatic rings. The number of piperidine rings is 1. The highest BCUT2D eigenvalue weighted by atomic mass is 79.9. The van der Waals surface area contributed by atoms with Crippen LogP contribution in [0.4, 0.5) is 4.79 Å². The van der Waals surface area contributed by atoms with E-state index in [1.165, 1.54) is 14.2 Å². The average molecular weight is 487 g/mol. The fraction of sp³-hybridized carbons (Fsp3) is 0.550. The monoisotopic (exact) mass is 486 g/mol. The molecular weight excluding hydrogens is 460 g/mol. The van der Waals surface area contributed by atoms with Crippen LogP contribution in [-0.2, 0) is 25.5 Å². The number of hydrogen-bond donors (Lipinski definition) is 1. The lowest BCUT2D eigenvalue weighted by Gasteiger charge is -2.31. The number of likely N-dealkylation sites (tertiary alicyclic amines) is 1. The number of carbonyl (C=O) groups excluding carboxylic acids is 3. The van der Waals surface area contributed by atoms with Gasteiger partial charge in [0.15, 0.2) is 18.1 Å². The van der Waals surface area contributed by atoms with Crippen LogP contribution >= 0.6 is 15.9 Å². The Morgan fingerprint density at radius 2 is 1.73 bits per heavy atom. The van der Waals surface area contributed by atoms with E-state index in [2.05, 4.69) is 21.2 Å². The van der Waals surface area contributed by atoms with Gasteiger partial charge < -0.3 is 29.2 Å². The van der Waals surface area contributed by atoms with Crippen LogP contribution in [0.15, 0.2) is 16.6 Å². The van der Waals surface area contributed by atoms with Gasteiger partial charge in [-0.05, 0) is 37.5 Å². The van der Waals surface area contributed by atoms with Crippen molar-refractivity contribution in [2.75, 3.05) is 40.5 Å². The molecule has 1 aliphatic heterocycles. The van der Waals surface area contributed by atoms with Gasteiger partial charge in [0.1, 0.15) is 0 Å². The van der Waals surface area contributed by atoms with Gasteiger partial charge in [-0.1, -0.05) is 15.9 Å². The van der Waals surface area contributed by atoms with E-state index in [-0.39, 0.29) is 31.1 Å². The van der Waals surface area contributed by atoms with E-state index in [0.717, 1.165) is 0 Å². The molecule has 1 heterocycles. The molecule has 0 radical (unpaired) electrons. The number of nitrogens with one attached hydrogen (secondary N) is 1. The number of esters is 1. The maximum atomic E-state index is 12.1. The van der Waals surface area contributed by atoms with Gasteiger partial charge in [0.2, 0.25) is 0 Å². The van der Waals surface area contributed by atoms with Gasteiger partial charge in [-0.15, -0.1) is 0 Å². The number of methoxy groups -OCH3 is 2. The lowest BCUT2D eigenvalue weighted by molar-refractivity contribution is -0.148. The second kappa shape index (κ2) is 11.6. The van der Waals surface area contributed by atoms with Gasteiger partial charge in [0.05, 0.1) is 27.2 Å². The summed E-state index contributed by atoms with van der Waals surface area (Å²) in [5.41, 5.74) is 0.657. The molecule has 0 spiro atoms. The van der Waals surface area contributed by atoms with E-state index >= 15 is 0 Å². The van der Waals surface area contributed by atoms with Crippen molar-refractivity contribution in [3.8, 4) is 11.5 Å². The van der Waals surface area contributed by atoms with Crippen molar-refractivity contribution in [1.82, 2.24) is 10.2 Å². The van der Waals surface area contributed by atoms with Crippen molar-refractivity contribution in [3.05, 3.63) is 22.2 Å². The van der Waals surface area contributed by atoms with Crippen LogP contribution in [0, 0.1) is 0 Å². The first-order valence-corrected chi connectivity index (χ1v) is 10.4. The van der Waals surface area contributed by atoms with Gasteiger partial charge in [0, 0.05) is 23.6 Å². The Balaban J connectivity index is 1.76. The number of benzene rings is 1. The molecule has 166 valence electrons. The second-order valence-electron chi connectivity index (χ2n) is 6.66. The smallest absolute Gasteiger partial charge is 0.409 e. The second-order valence-corrected chi connectivity index (χ2v) is 7.52. The zero-order valence-electron chi connectivity index (χ0n) is 17.4. The molecule has 2 rings (SSSR count). The van der Waals surface area contributed by atoms with E-state index in [4.69, 9.17) is 18.9 Å². The minimum atomic E-state index is -0.532. The summed E-state index contributed by atoms with van der Waals surface area (Å²) in [7, 11) is 3.03. The van der Waals surface area contributed by atoms with Gasteiger partial charge in [-0.2, -0.15) is 0 Å². The molecule has 1 fully saturated rings. The molecule has 1 aliphatic rings. The zero-order valence-corrected chi connectivity index (χ0v) is 19.0. The average Bonchev–Trinajstić information content (AvgIpc) is 2.74. The van der Waals surface area contributed by atoms with Crippen LogP contribution in [0.25, 0.3) is 0 Å². The summed E-state index contributed by atoms with van der Waals surface area (Å²) < 4.78 is 21.2. The maximum Gasteiger partial charge on any atom is 0.409 e. The summed E-state index contributed by atoms with van der Waals surface area (Å²) in [6.07, 6.45) is 0.887. The molecule has 30 heavy (non-hydrogen) atoms. The van der Waals surface area contributed by atoms with Gasteiger partial charge in [0.25, 0.3) is 5.91 Å². The zero-order chi connectivity index (χ0) is 22.1. The van der Waals surface area contributed by atoms with Crippen molar-refractivity contribution >= 4 is 33.9 Å². The first-order chi connectivity index (χ1) is 14.4. The predicted octanol–water partition coefficient (Wildman–Crippen LogP) is 2.29. The molecule has 0 bridgehead atoms. The fourth-order valence-electron chi connectivity index (χ4n) is 3.07. The molecule has 0 aromatic heterocycles. The number of nitrogens with zero attached hydrogens (tertiary/aromatic N) is 1. The maximum absolute atomic E-state index is 12.1. The van der Waals surface area contributed by atoms with Crippen LogP contribution < -0.4 is 14.8 Å². The molecule has 2 amide bonds. The van der Waals surface area contributed by atoms with Crippen LogP contribution in [0.3, 0.4) is 0 Å². The Kier molecular flexibility index (Phi) is 9.22. The summed E-state index contributed by atoms with van der Waals surface area (Å²) in [5, 5.41) is 2.83. The molecule has 0 unspecified atom stereocenters. The number of ether oxygens (including phenoxy) is 4. The number of hydrogen-bond acceptors (Lipinski definition) is 7. The third-order valence-electron chi connectivity index (χ3n) is 4.64. The van der Waals surface area contributed by atoms with Gasteiger partial charge in [-0.25, -0.2) is 4.79 Å². The minimum absolute atomic E-state index is 0.0217. The summed E-state index contributed by atoms with van der Waals surface area (Å²) in [6.45, 7) is 2.76. The number of carbonyl (C=O) groups is 3. The van der Waals surface area contributed by atoms with Crippen molar-refractivity contribution in [3.63, 3.8) is 0 Å². The van der Waals surface area contributed by atoms with Gasteiger partial charge >= 0.3 is 12.1 Å². The molecule has 0 atom stereocenters. The molecule has 10 heteroatoms.